The van der Waals surface area contributed by atoms with Crippen LogP contribution in [0, 0.1) is 6.92 Å². The number of amides is 1. The molecule has 3 nitrogen and oxygen atoms in total. The topological polar surface area (TPSA) is 32.3 Å². The highest BCUT2D eigenvalue weighted by atomic mass is 16.2. The zero-order valence-electron chi connectivity index (χ0n) is 13.9. The van der Waals surface area contributed by atoms with Gasteiger partial charge in [-0.3, -0.25) is 4.79 Å². The third kappa shape index (κ3) is 3.45. The van der Waals surface area contributed by atoms with Gasteiger partial charge in [0.2, 0.25) is 5.91 Å². The molecule has 2 aromatic carbocycles. The molecule has 0 aliphatic carbocycles. The summed E-state index contributed by atoms with van der Waals surface area (Å²) in [6.45, 7) is 6.33. The Bertz CT molecular complexity index is 696. The van der Waals surface area contributed by atoms with Gasteiger partial charge in [-0.05, 0) is 42.5 Å². The molecule has 1 atom stereocenters. The molecular weight excluding hydrogens is 284 g/mol. The number of aryl methyl sites for hydroxylation is 1. The summed E-state index contributed by atoms with van der Waals surface area (Å²) in [7, 11) is 0. The third-order valence-corrected chi connectivity index (χ3v) is 4.70. The standard InChI is InChI=1S/C20H24N2O/c1-3-22(14-18-11-5-4-8-15(18)2)20(23)19-12-16-9-6-7-10-17(16)13-21-19/h4-11,19,21H,3,12-14H2,1-2H3. The smallest absolute Gasteiger partial charge is 0.240 e. The maximum atomic E-state index is 12.9. The molecular formula is C20H24N2O. The van der Waals surface area contributed by atoms with Gasteiger partial charge in [0.05, 0.1) is 6.04 Å². The van der Waals surface area contributed by atoms with E-state index in [1.165, 1.54) is 22.3 Å². The van der Waals surface area contributed by atoms with E-state index in [0.29, 0.717) is 6.54 Å². The first-order valence-corrected chi connectivity index (χ1v) is 8.32. The molecule has 0 bridgehead atoms. The molecule has 1 heterocycles. The van der Waals surface area contributed by atoms with Gasteiger partial charge in [-0.25, -0.2) is 0 Å². The van der Waals surface area contributed by atoms with Gasteiger partial charge in [-0.2, -0.15) is 0 Å². The minimum absolute atomic E-state index is 0.117. The van der Waals surface area contributed by atoms with Crippen molar-refractivity contribution in [2.75, 3.05) is 6.54 Å². The minimum Gasteiger partial charge on any atom is -0.337 e. The quantitative estimate of drug-likeness (QED) is 0.941. The van der Waals surface area contributed by atoms with Crippen molar-refractivity contribution in [3.05, 3.63) is 70.8 Å². The summed E-state index contributed by atoms with van der Waals surface area (Å²) in [6, 6.07) is 16.5. The van der Waals surface area contributed by atoms with Crippen molar-refractivity contribution >= 4 is 5.91 Å². The van der Waals surface area contributed by atoms with Crippen molar-refractivity contribution in [3.8, 4) is 0 Å². The molecule has 0 spiro atoms. The summed E-state index contributed by atoms with van der Waals surface area (Å²) in [5, 5.41) is 3.40. The molecule has 23 heavy (non-hydrogen) atoms. The highest BCUT2D eigenvalue weighted by molar-refractivity contribution is 5.82. The fourth-order valence-corrected chi connectivity index (χ4v) is 3.19. The van der Waals surface area contributed by atoms with Crippen LogP contribution in [0.3, 0.4) is 0 Å². The Balaban J connectivity index is 1.72. The van der Waals surface area contributed by atoms with Crippen molar-refractivity contribution in [2.24, 2.45) is 0 Å². The molecule has 1 N–H and O–H groups in total. The van der Waals surface area contributed by atoms with Crippen LogP contribution in [0.25, 0.3) is 0 Å². The minimum atomic E-state index is -0.117. The van der Waals surface area contributed by atoms with Gasteiger partial charge in [0.1, 0.15) is 0 Å². The molecule has 0 aromatic heterocycles. The second kappa shape index (κ2) is 6.97. The van der Waals surface area contributed by atoms with Crippen LogP contribution >= 0.6 is 0 Å². The SMILES string of the molecule is CCN(Cc1ccccc1C)C(=O)C1Cc2ccccc2CN1. The number of benzene rings is 2. The first kappa shape index (κ1) is 15.8. The molecule has 3 rings (SSSR count). The summed E-state index contributed by atoms with van der Waals surface area (Å²) in [5.74, 6) is 0.199. The lowest BCUT2D eigenvalue weighted by molar-refractivity contribution is -0.134. The highest BCUT2D eigenvalue weighted by Gasteiger charge is 2.27. The second-order valence-corrected chi connectivity index (χ2v) is 6.19. The fourth-order valence-electron chi connectivity index (χ4n) is 3.19. The molecule has 2 aromatic rings. The lowest BCUT2D eigenvalue weighted by atomic mass is 9.95. The van der Waals surface area contributed by atoms with Gasteiger partial charge >= 0.3 is 0 Å². The fraction of sp³-hybridized carbons (Fsp3) is 0.350. The van der Waals surface area contributed by atoms with E-state index in [9.17, 15) is 4.79 Å². The lowest BCUT2D eigenvalue weighted by Crippen LogP contribution is -2.49. The average molecular weight is 308 g/mol. The van der Waals surface area contributed by atoms with E-state index >= 15 is 0 Å². The first-order valence-electron chi connectivity index (χ1n) is 8.32. The summed E-state index contributed by atoms with van der Waals surface area (Å²) in [5.41, 5.74) is 5.05. The van der Waals surface area contributed by atoms with E-state index in [2.05, 4.69) is 48.6 Å². The number of hydrogen-bond acceptors (Lipinski definition) is 2. The van der Waals surface area contributed by atoms with Crippen LogP contribution in [0.15, 0.2) is 48.5 Å². The zero-order valence-corrected chi connectivity index (χ0v) is 13.9. The van der Waals surface area contributed by atoms with Crippen molar-refractivity contribution in [1.82, 2.24) is 10.2 Å². The Morgan fingerprint density at radius 2 is 1.83 bits per heavy atom. The van der Waals surface area contributed by atoms with E-state index < -0.39 is 0 Å². The molecule has 0 fully saturated rings. The number of nitrogens with zero attached hydrogens (tertiary/aromatic N) is 1. The Morgan fingerprint density at radius 1 is 1.13 bits per heavy atom. The number of hydrogen-bond donors (Lipinski definition) is 1. The highest BCUT2D eigenvalue weighted by Crippen LogP contribution is 2.18. The first-order chi connectivity index (χ1) is 11.2. The number of likely N-dealkylation sites (N-methyl/N-ethyl adjacent to an activating group) is 1. The van der Waals surface area contributed by atoms with E-state index in [0.717, 1.165) is 19.5 Å². The van der Waals surface area contributed by atoms with E-state index in [-0.39, 0.29) is 11.9 Å². The maximum Gasteiger partial charge on any atom is 0.240 e. The van der Waals surface area contributed by atoms with E-state index in [1.54, 1.807) is 0 Å². The number of rotatable bonds is 4. The van der Waals surface area contributed by atoms with Gasteiger partial charge in [0.15, 0.2) is 0 Å². The molecule has 1 unspecified atom stereocenters. The molecule has 0 radical (unpaired) electrons. The molecule has 1 aliphatic heterocycles. The monoisotopic (exact) mass is 308 g/mol. The zero-order chi connectivity index (χ0) is 16.2. The summed E-state index contributed by atoms with van der Waals surface area (Å²) in [4.78, 5) is 14.9. The van der Waals surface area contributed by atoms with Gasteiger partial charge < -0.3 is 10.2 Å². The predicted octanol–water partition coefficient (Wildman–Crippen LogP) is 3.06. The van der Waals surface area contributed by atoms with Crippen LogP contribution in [0.5, 0.6) is 0 Å². The molecule has 3 heteroatoms. The molecule has 120 valence electrons. The summed E-state index contributed by atoms with van der Waals surface area (Å²) < 4.78 is 0. The lowest BCUT2D eigenvalue weighted by Gasteiger charge is -2.31. The molecule has 1 amide bonds. The average Bonchev–Trinajstić information content (AvgIpc) is 2.60. The van der Waals surface area contributed by atoms with Crippen LogP contribution in [0.4, 0.5) is 0 Å². The Labute approximate surface area is 138 Å². The largest absolute Gasteiger partial charge is 0.337 e. The number of fused-ring (bicyclic) bond motifs is 1. The van der Waals surface area contributed by atoms with Gasteiger partial charge in [-0.1, -0.05) is 48.5 Å². The van der Waals surface area contributed by atoms with Crippen LogP contribution in [0.1, 0.15) is 29.2 Å². The number of carbonyl (C=O) groups is 1. The Kier molecular flexibility index (Phi) is 4.77. The van der Waals surface area contributed by atoms with Crippen LogP contribution in [0.2, 0.25) is 0 Å². The van der Waals surface area contributed by atoms with Crippen LogP contribution in [-0.4, -0.2) is 23.4 Å². The number of carbonyl (C=O) groups excluding carboxylic acids is 1. The van der Waals surface area contributed by atoms with Gasteiger partial charge in [-0.15, -0.1) is 0 Å². The second-order valence-electron chi connectivity index (χ2n) is 6.19. The Morgan fingerprint density at radius 3 is 2.57 bits per heavy atom. The van der Waals surface area contributed by atoms with Crippen molar-refractivity contribution in [2.45, 2.75) is 39.4 Å². The summed E-state index contributed by atoms with van der Waals surface area (Å²) in [6.07, 6.45) is 0.777. The van der Waals surface area contributed by atoms with E-state index in [1.807, 2.05) is 24.0 Å². The predicted molar refractivity (Wildman–Crippen MR) is 93.0 cm³/mol. The van der Waals surface area contributed by atoms with Gasteiger partial charge in [0.25, 0.3) is 0 Å². The number of nitrogens with one attached hydrogen (secondary N) is 1. The van der Waals surface area contributed by atoms with Crippen molar-refractivity contribution in [3.63, 3.8) is 0 Å². The Hall–Kier alpha value is -2.13. The van der Waals surface area contributed by atoms with Gasteiger partial charge in [0, 0.05) is 19.6 Å². The summed E-state index contributed by atoms with van der Waals surface area (Å²) >= 11 is 0. The third-order valence-electron chi connectivity index (χ3n) is 4.70. The van der Waals surface area contributed by atoms with E-state index in [4.69, 9.17) is 0 Å². The molecule has 1 aliphatic rings. The van der Waals surface area contributed by atoms with Crippen molar-refractivity contribution in [1.29, 1.82) is 0 Å². The van der Waals surface area contributed by atoms with Crippen LogP contribution in [-0.2, 0) is 24.3 Å². The molecule has 0 saturated carbocycles. The molecule has 0 saturated heterocycles. The normalized spacial score (nSPS) is 16.7. The maximum absolute atomic E-state index is 12.9. The van der Waals surface area contributed by atoms with Crippen molar-refractivity contribution < 1.29 is 4.79 Å². The van der Waals surface area contributed by atoms with Crippen LogP contribution < -0.4 is 5.32 Å².